The fourth-order valence-electron chi connectivity index (χ4n) is 1.79. The molecule has 5 nitrogen and oxygen atoms in total. The number of pyridine rings is 1. The number of nitrogens with zero attached hydrogens (tertiary/aromatic N) is 1. The number of hydrogen-bond acceptors (Lipinski definition) is 4. The van der Waals surface area contributed by atoms with Gasteiger partial charge in [-0.25, -0.2) is 4.98 Å². The molecule has 1 amide bonds. The second kappa shape index (κ2) is 4.49. The summed E-state index contributed by atoms with van der Waals surface area (Å²) in [6.07, 6.45) is 2.74. The van der Waals surface area contributed by atoms with Crippen LogP contribution in [-0.2, 0) is 0 Å². The van der Waals surface area contributed by atoms with Gasteiger partial charge in [-0.2, -0.15) is 0 Å². The third-order valence-electron chi connectivity index (χ3n) is 2.60. The maximum absolute atomic E-state index is 11.0. The van der Waals surface area contributed by atoms with Crippen molar-refractivity contribution in [2.45, 2.75) is 19.4 Å². The van der Waals surface area contributed by atoms with Crippen molar-refractivity contribution < 1.29 is 9.53 Å². The van der Waals surface area contributed by atoms with Gasteiger partial charge in [-0.15, -0.1) is 0 Å². The van der Waals surface area contributed by atoms with Crippen LogP contribution in [-0.4, -0.2) is 30.1 Å². The monoisotopic (exact) mass is 221 g/mol. The number of hydrogen-bond donors (Lipinski definition) is 2. The number of nitrogens with two attached hydrogens (primary N) is 1. The number of aryl methyl sites for hydroxylation is 1. The van der Waals surface area contributed by atoms with Gasteiger partial charge >= 0.3 is 0 Å². The molecule has 0 aliphatic carbocycles. The zero-order valence-electron chi connectivity index (χ0n) is 9.19. The molecule has 0 unspecified atom stereocenters. The predicted octanol–water partition coefficient (Wildman–Crippen LogP) is 0.230. The van der Waals surface area contributed by atoms with Crippen LogP contribution in [0.4, 0.5) is 0 Å². The molecule has 1 aliphatic rings. The van der Waals surface area contributed by atoms with Crippen LogP contribution in [0.1, 0.15) is 22.5 Å². The molecule has 3 N–H and O–H groups in total. The molecule has 2 heterocycles. The normalized spacial score (nSPS) is 19.7. The van der Waals surface area contributed by atoms with Crippen LogP contribution in [0.5, 0.6) is 5.75 Å². The highest BCUT2D eigenvalue weighted by molar-refractivity contribution is 5.92. The molecule has 1 atom stereocenters. The lowest BCUT2D eigenvalue weighted by atomic mass is 10.2. The fourth-order valence-corrected chi connectivity index (χ4v) is 1.79. The number of aromatic nitrogens is 1. The standard InChI is InChI=1S/C11H15N3O2/c1-7-4-9(6-14-10(7)11(12)15)16-8-2-3-13-5-8/h4,6,8,13H,2-3,5H2,1H3,(H2,12,15)/t8-/m1/s1. The van der Waals surface area contributed by atoms with E-state index in [1.807, 2.05) is 0 Å². The maximum Gasteiger partial charge on any atom is 0.267 e. The van der Waals surface area contributed by atoms with Gasteiger partial charge in [0.25, 0.3) is 5.91 Å². The van der Waals surface area contributed by atoms with Crippen molar-refractivity contribution in [1.82, 2.24) is 10.3 Å². The summed E-state index contributed by atoms with van der Waals surface area (Å²) in [7, 11) is 0. The average Bonchev–Trinajstić information content (AvgIpc) is 2.70. The van der Waals surface area contributed by atoms with Crippen molar-refractivity contribution in [3.8, 4) is 5.75 Å². The van der Waals surface area contributed by atoms with E-state index in [0.29, 0.717) is 11.4 Å². The lowest BCUT2D eigenvalue weighted by Crippen LogP contribution is -2.20. The summed E-state index contributed by atoms with van der Waals surface area (Å²) in [6, 6.07) is 1.80. The highest BCUT2D eigenvalue weighted by Crippen LogP contribution is 2.17. The minimum atomic E-state index is -0.508. The number of carbonyl (C=O) groups excluding carboxylic acids is 1. The Balaban J connectivity index is 2.11. The summed E-state index contributed by atoms with van der Waals surface area (Å²) in [4.78, 5) is 15.0. The van der Waals surface area contributed by atoms with Gasteiger partial charge in [-0.05, 0) is 31.5 Å². The van der Waals surface area contributed by atoms with Gasteiger partial charge in [-0.1, -0.05) is 0 Å². The molecule has 1 aliphatic heterocycles. The van der Waals surface area contributed by atoms with Gasteiger partial charge < -0.3 is 15.8 Å². The molecule has 1 saturated heterocycles. The Labute approximate surface area is 94.0 Å². The Hall–Kier alpha value is -1.62. The zero-order chi connectivity index (χ0) is 11.5. The predicted molar refractivity (Wildman–Crippen MR) is 59.4 cm³/mol. The molecule has 5 heteroatoms. The van der Waals surface area contributed by atoms with Crippen LogP contribution in [0.2, 0.25) is 0 Å². The lowest BCUT2D eigenvalue weighted by molar-refractivity contribution is 0.0995. The first kappa shape index (κ1) is 10.9. The van der Waals surface area contributed by atoms with Crippen LogP contribution in [0.15, 0.2) is 12.3 Å². The molecule has 0 aromatic carbocycles. The summed E-state index contributed by atoms with van der Waals surface area (Å²) in [5.74, 6) is 0.183. The van der Waals surface area contributed by atoms with E-state index in [0.717, 1.165) is 25.1 Å². The van der Waals surface area contributed by atoms with Crippen molar-refractivity contribution >= 4 is 5.91 Å². The van der Waals surface area contributed by atoms with E-state index in [1.165, 1.54) is 0 Å². The summed E-state index contributed by atoms with van der Waals surface area (Å²) in [6.45, 7) is 3.64. The minimum absolute atomic E-state index is 0.195. The first-order chi connectivity index (χ1) is 7.66. The molecule has 2 rings (SSSR count). The van der Waals surface area contributed by atoms with Gasteiger partial charge in [0.2, 0.25) is 0 Å². The van der Waals surface area contributed by atoms with Crippen LogP contribution in [0.25, 0.3) is 0 Å². The Morgan fingerprint density at radius 3 is 3.06 bits per heavy atom. The van der Waals surface area contributed by atoms with E-state index in [2.05, 4.69) is 10.3 Å². The molecule has 1 aromatic heterocycles. The molecular formula is C11H15N3O2. The van der Waals surface area contributed by atoms with Crippen molar-refractivity contribution in [3.63, 3.8) is 0 Å². The summed E-state index contributed by atoms with van der Waals surface area (Å²) in [5, 5.41) is 3.22. The van der Waals surface area contributed by atoms with Crippen molar-refractivity contribution in [1.29, 1.82) is 0 Å². The molecule has 0 saturated carbocycles. The number of amides is 1. The van der Waals surface area contributed by atoms with Gasteiger partial charge in [-0.3, -0.25) is 4.79 Å². The van der Waals surface area contributed by atoms with Crippen molar-refractivity contribution in [2.24, 2.45) is 5.73 Å². The Morgan fingerprint density at radius 2 is 2.50 bits per heavy atom. The van der Waals surface area contributed by atoms with E-state index in [9.17, 15) is 4.79 Å². The summed E-state index contributed by atoms with van der Waals surface area (Å²) in [5.41, 5.74) is 6.22. The summed E-state index contributed by atoms with van der Waals surface area (Å²) >= 11 is 0. The van der Waals surface area contributed by atoms with E-state index in [-0.39, 0.29) is 6.10 Å². The molecular weight excluding hydrogens is 206 g/mol. The molecule has 0 spiro atoms. The Bertz CT molecular complexity index is 400. The van der Waals surface area contributed by atoms with E-state index in [1.54, 1.807) is 19.2 Å². The number of ether oxygens (including phenoxy) is 1. The average molecular weight is 221 g/mol. The van der Waals surface area contributed by atoms with Crippen LogP contribution < -0.4 is 15.8 Å². The Kier molecular flexibility index (Phi) is 3.05. The number of rotatable bonds is 3. The fraction of sp³-hybridized carbons (Fsp3) is 0.455. The quantitative estimate of drug-likeness (QED) is 0.766. The highest BCUT2D eigenvalue weighted by Gasteiger charge is 2.16. The van der Waals surface area contributed by atoms with Gasteiger partial charge in [0, 0.05) is 6.54 Å². The third-order valence-corrected chi connectivity index (χ3v) is 2.60. The second-order valence-corrected chi connectivity index (χ2v) is 3.93. The first-order valence-corrected chi connectivity index (χ1v) is 5.30. The molecule has 0 bridgehead atoms. The number of nitrogens with one attached hydrogen (secondary N) is 1. The molecule has 1 fully saturated rings. The second-order valence-electron chi connectivity index (χ2n) is 3.93. The smallest absolute Gasteiger partial charge is 0.267 e. The third kappa shape index (κ3) is 2.30. The van der Waals surface area contributed by atoms with E-state index >= 15 is 0 Å². The van der Waals surface area contributed by atoms with Crippen LogP contribution in [0.3, 0.4) is 0 Å². The van der Waals surface area contributed by atoms with E-state index < -0.39 is 5.91 Å². The van der Waals surface area contributed by atoms with Crippen LogP contribution >= 0.6 is 0 Å². The molecule has 0 radical (unpaired) electrons. The Morgan fingerprint density at radius 1 is 1.69 bits per heavy atom. The first-order valence-electron chi connectivity index (χ1n) is 5.30. The minimum Gasteiger partial charge on any atom is -0.487 e. The molecule has 16 heavy (non-hydrogen) atoms. The molecule has 1 aromatic rings. The van der Waals surface area contributed by atoms with Crippen LogP contribution in [0, 0.1) is 6.92 Å². The molecule has 86 valence electrons. The number of primary amides is 1. The van der Waals surface area contributed by atoms with Crippen molar-refractivity contribution in [2.75, 3.05) is 13.1 Å². The lowest BCUT2D eigenvalue weighted by Gasteiger charge is -2.13. The van der Waals surface area contributed by atoms with Crippen molar-refractivity contribution in [3.05, 3.63) is 23.5 Å². The van der Waals surface area contributed by atoms with E-state index in [4.69, 9.17) is 10.5 Å². The van der Waals surface area contributed by atoms with Gasteiger partial charge in [0.05, 0.1) is 6.20 Å². The van der Waals surface area contributed by atoms with Gasteiger partial charge in [0.15, 0.2) is 0 Å². The number of carbonyl (C=O) groups is 1. The topological polar surface area (TPSA) is 77.2 Å². The summed E-state index contributed by atoms with van der Waals surface area (Å²) < 4.78 is 5.71. The van der Waals surface area contributed by atoms with Gasteiger partial charge in [0.1, 0.15) is 17.5 Å². The largest absolute Gasteiger partial charge is 0.487 e. The zero-order valence-corrected chi connectivity index (χ0v) is 9.19. The highest BCUT2D eigenvalue weighted by atomic mass is 16.5. The SMILES string of the molecule is Cc1cc(O[C@@H]2CCNC2)cnc1C(N)=O. The maximum atomic E-state index is 11.0.